The Morgan fingerprint density at radius 2 is 1.26 bits per heavy atom. The minimum Gasteiger partial charge on any atom is -0.125 e. The summed E-state index contributed by atoms with van der Waals surface area (Å²) in [7, 11) is -1.84. The first-order valence-electron chi connectivity index (χ1n) is 12.3. The molecule has 0 nitrogen and oxygen atoms in total. The molecule has 0 amide bonds. The highest BCUT2D eigenvalue weighted by atomic mass is 79.9. The molecule has 2 aromatic carbocycles. The molecule has 0 aliphatic heterocycles. The number of hydrogen-bond donors (Lipinski definition) is 0. The lowest BCUT2D eigenvalue weighted by Crippen LogP contribution is -2.43. The van der Waals surface area contributed by atoms with Gasteiger partial charge in [0.15, 0.2) is 0 Å². The highest BCUT2D eigenvalue weighted by molar-refractivity contribution is 9.10. The fourth-order valence-corrected chi connectivity index (χ4v) is 11.3. The van der Waals surface area contributed by atoms with Gasteiger partial charge in [-0.25, -0.2) is 0 Å². The van der Waals surface area contributed by atoms with Gasteiger partial charge in [-0.1, -0.05) is 117 Å². The van der Waals surface area contributed by atoms with Gasteiger partial charge in [0, 0.05) is 25.9 Å². The molecule has 1 aliphatic rings. The van der Waals surface area contributed by atoms with E-state index in [0.717, 1.165) is 15.1 Å². The number of halogens is 2. The minimum absolute atomic E-state index is 0.131. The Balaban J connectivity index is 2.07. The zero-order valence-corrected chi connectivity index (χ0v) is 25.2. The zero-order chi connectivity index (χ0) is 25.3. The van der Waals surface area contributed by atoms with Gasteiger partial charge >= 0.3 is 0 Å². The third-order valence-corrected chi connectivity index (χ3v) is 14.9. The van der Waals surface area contributed by atoms with E-state index in [-0.39, 0.29) is 10.8 Å². The molecule has 0 heterocycles. The normalized spacial score (nSPS) is 22.4. The van der Waals surface area contributed by atoms with Crippen LogP contribution in [0.2, 0.25) is 21.6 Å². The molecule has 2 aromatic rings. The molecule has 0 bridgehead atoms. The summed E-state index contributed by atoms with van der Waals surface area (Å²) in [5.41, 5.74) is 8.87. The van der Waals surface area contributed by atoms with E-state index < -0.39 is 8.07 Å². The predicted octanol–water partition coefficient (Wildman–Crippen LogP) is 10.0. The van der Waals surface area contributed by atoms with Crippen molar-refractivity contribution in [1.82, 2.24) is 0 Å². The van der Waals surface area contributed by atoms with Crippen LogP contribution in [0.4, 0.5) is 0 Å². The van der Waals surface area contributed by atoms with E-state index in [1.807, 2.05) is 6.07 Å². The van der Waals surface area contributed by atoms with Crippen LogP contribution in [0.15, 0.2) is 71.2 Å². The molecule has 3 rings (SSSR count). The van der Waals surface area contributed by atoms with Crippen LogP contribution in [-0.2, 0) is 10.8 Å². The first-order valence-corrected chi connectivity index (χ1v) is 15.7. The van der Waals surface area contributed by atoms with Crippen LogP contribution < -0.4 is 0 Å². The molecule has 0 N–H and O–H groups in total. The van der Waals surface area contributed by atoms with E-state index in [4.69, 9.17) is 11.6 Å². The Morgan fingerprint density at radius 3 is 1.76 bits per heavy atom. The van der Waals surface area contributed by atoms with Crippen LogP contribution in [-0.4, -0.2) is 8.07 Å². The first-order chi connectivity index (χ1) is 15.8. The fourth-order valence-electron chi connectivity index (χ4n) is 5.68. The lowest BCUT2D eigenvalue weighted by molar-refractivity contribution is 0.663. The zero-order valence-electron chi connectivity index (χ0n) is 21.8. The largest absolute Gasteiger partial charge is 0.146 e. The summed E-state index contributed by atoms with van der Waals surface area (Å²) >= 11 is 10.0. The molecule has 0 spiro atoms. The lowest BCUT2D eigenvalue weighted by Gasteiger charge is -2.38. The molecule has 0 saturated heterocycles. The highest BCUT2D eigenvalue weighted by Gasteiger charge is 2.42. The molecule has 180 valence electrons. The van der Waals surface area contributed by atoms with Gasteiger partial charge in [0.05, 0.1) is 0 Å². The second-order valence-corrected chi connectivity index (χ2v) is 18.0. The van der Waals surface area contributed by atoms with E-state index >= 15 is 0 Å². The molecule has 0 radical (unpaired) electrons. The van der Waals surface area contributed by atoms with E-state index in [1.54, 1.807) is 0 Å². The summed E-state index contributed by atoms with van der Waals surface area (Å²) in [5.74, 6) is 3.67. The summed E-state index contributed by atoms with van der Waals surface area (Å²) in [6.07, 6.45) is 9.33. The Morgan fingerprint density at radius 1 is 0.765 bits per heavy atom. The van der Waals surface area contributed by atoms with Gasteiger partial charge in [-0.2, -0.15) is 0 Å². The second kappa shape index (κ2) is 10.2. The van der Waals surface area contributed by atoms with Crippen LogP contribution in [0.3, 0.4) is 0 Å². The van der Waals surface area contributed by atoms with Crippen LogP contribution >= 0.6 is 27.5 Å². The van der Waals surface area contributed by atoms with Crippen molar-refractivity contribution < 1.29 is 0 Å². The molecular weight excluding hydrogens is 516 g/mol. The van der Waals surface area contributed by atoms with Gasteiger partial charge in [0.1, 0.15) is 8.07 Å². The molecule has 0 fully saturated rings. The summed E-state index contributed by atoms with van der Waals surface area (Å²) in [6.45, 7) is 18.7. The van der Waals surface area contributed by atoms with Crippen molar-refractivity contribution in [2.75, 3.05) is 0 Å². The van der Waals surface area contributed by atoms with Crippen molar-refractivity contribution in [2.24, 2.45) is 0 Å². The summed E-state index contributed by atoms with van der Waals surface area (Å²) in [6, 6.07) is 14.8. The van der Waals surface area contributed by atoms with Crippen LogP contribution in [0.1, 0.15) is 72.1 Å². The summed E-state index contributed by atoms with van der Waals surface area (Å²) < 4.78 is 1.10. The molecule has 0 aromatic heterocycles. The van der Waals surface area contributed by atoms with Gasteiger partial charge in [-0.15, -0.1) is 5.54 Å². The minimum atomic E-state index is -1.84. The average molecular weight is 554 g/mol. The smallest absolute Gasteiger partial charge is 0.125 e. The topological polar surface area (TPSA) is 0 Å². The van der Waals surface area contributed by atoms with Crippen LogP contribution in [0.25, 0.3) is 0 Å². The Labute approximate surface area is 222 Å². The van der Waals surface area contributed by atoms with Gasteiger partial charge in [-0.3, -0.25) is 0 Å². The molecule has 3 heteroatoms. The maximum Gasteiger partial charge on any atom is 0.146 e. The predicted molar refractivity (Wildman–Crippen MR) is 157 cm³/mol. The third-order valence-electron chi connectivity index (χ3n) is 7.86. The van der Waals surface area contributed by atoms with Crippen molar-refractivity contribution >= 4 is 35.6 Å². The molecule has 0 atom stereocenters. The van der Waals surface area contributed by atoms with E-state index in [1.165, 1.54) is 11.1 Å². The lowest BCUT2D eigenvalue weighted by atomic mass is 9.70. The van der Waals surface area contributed by atoms with Gasteiger partial charge in [0.25, 0.3) is 0 Å². The maximum absolute atomic E-state index is 6.48. The van der Waals surface area contributed by atoms with Gasteiger partial charge in [0.2, 0.25) is 0 Å². The first kappa shape index (κ1) is 27.1. The Kier molecular flexibility index (Phi) is 8.13. The number of benzene rings is 2. The van der Waals surface area contributed by atoms with Crippen molar-refractivity contribution in [2.45, 2.75) is 82.8 Å². The van der Waals surface area contributed by atoms with Crippen LogP contribution in [0, 0.1) is 11.5 Å². The van der Waals surface area contributed by atoms with Crippen molar-refractivity contribution in [3.63, 3.8) is 0 Å². The van der Waals surface area contributed by atoms with Crippen LogP contribution in [0.5, 0.6) is 0 Å². The molecule has 1 aliphatic carbocycles. The molecule has 0 saturated carbocycles. The van der Waals surface area contributed by atoms with Gasteiger partial charge < -0.3 is 0 Å². The third kappa shape index (κ3) is 5.18. The average Bonchev–Trinajstić information content (AvgIpc) is 2.76. The van der Waals surface area contributed by atoms with Crippen molar-refractivity contribution in [3.05, 3.63) is 93.0 Å². The van der Waals surface area contributed by atoms with E-state index in [2.05, 4.69) is 143 Å². The fraction of sp³-hybridized carbons (Fsp3) is 0.419. The van der Waals surface area contributed by atoms with Crippen molar-refractivity contribution in [3.8, 4) is 11.5 Å². The summed E-state index contributed by atoms with van der Waals surface area (Å²) in [5, 5.41) is 0.742. The van der Waals surface area contributed by atoms with Crippen molar-refractivity contribution in [1.29, 1.82) is 0 Å². The van der Waals surface area contributed by atoms with E-state index in [0.29, 0.717) is 16.6 Å². The standard InChI is InChI=1S/C31H38BrClSi/c1-22(2)34(23(3)4,24(5)6)20-15-25-21-28(33)13-14-29(25)31(8)18-16-30(7,17-19-31)26-9-11-27(32)12-10-26/h9-14,16-19,21-24H,1-8H3. The van der Waals surface area contributed by atoms with E-state index in [9.17, 15) is 0 Å². The molecular formula is C31H38BrClSi. The Hall–Kier alpha value is -1.53. The maximum atomic E-state index is 6.48. The Bertz CT molecular complexity index is 1110. The molecule has 0 unspecified atom stereocenters. The quantitative estimate of drug-likeness (QED) is 0.196. The molecule has 34 heavy (non-hydrogen) atoms. The number of rotatable bonds is 5. The summed E-state index contributed by atoms with van der Waals surface area (Å²) in [4.78, 5) is 0. The second-order valence-electron chi connectivity index (χ2n) is 11.1. The van der Waals surface area contributed by atoms with Gasteiger partial charge in [-0.05, 0) is 65.9 Å². The number of allylic oxidation sites excluding steroid dienone is 4. The number of hydrogen-bond acceptors (Lipinski definition) is 0. The highest BCUT2D eigenvalue weighted by Crippen LogP contribution is 2.42. The monoisotopic (exact) mass is 552 g/mol. The SMILES string of the molecule is CC(C)[Si](C#Cc1cc(Cl)ccc1C1(C)C=CC(C)(c2ccc(Br)cc2)C=C1)(C(C)C)C(C)C.